The molecule has 0 aliphatic rings. The molecule has 0 saturated carbocycles. The number of aliphatic hydroxyl groups excluding tert-OH is 1. The number of hydrogen-bond donors (Lipinski definition) is 1. The summed E-state index contributed by atoms with van der Waals surface area (Å²) in [5.41, 5.74) is 3.31. The summed E-state index contributed by atoms with van der Waals surface area (Å²) in [6.45, 7) is 3.75. The van der Waals surface area contributed by atoms with Crippen molar-refractivity contribution in [2.75, 3.05) is 7.11 Å². The molecule has 3 nitrogen and oxygen atoms in total. The van der Waals surface area contributed by atoms with Crippen molar-refractivity contribution in [1.29, 1.82) is 0 Å². The van der Waals surface area contributed by atoms with E-state index in [1.54, 1.807) is 0 Å². The lowest BCUT2D eigenvalue weighted by Crippen LogP contribution is -2.30. The molecule has 2 aromatic rings. The van der Waals surface area contributed by atoms with E-state index in [9.17, 15) is 4.79 Å². The quantitative estimate of drug-likeness (QED) is 0.876. The minimum atomic E-state index is -0.659. The third kappa shape index (κ3) is 3.14. The molecule has 0 atom stereocenters. The van der Waals surface area contributed by atoms with Gasteiger partial charge in [0.25, 0.3) is 0 Å². The van der Waals surface area contributed by atoms with Gasteiger partial charge in [-0.25, -0.2) is 0 Å². The average Bonchev–Trinajstić information content (AvgIpc) is 2.54. The minimum Gasteiger partial charge on any atom is -0.468 e. The summed E-state index contributed by atoms with van der Waals surface area (Å²) in [5, 5.41) is 9.06. The molecular weight excluding hydrogens is 264 g/mol. The molecule has 0 heterocycles. The summed E-state index contributed by atoms with van der Waals surface area (Å²) < 4.78 is 4.85. The molecule has 0 aromatic heterocycles. The Hall–Kier alpha value is -2.13. The SMILES string of the molecule is COC(=O)C(C)(C)c1ccc(-c2ccc(CO)cc2)cc1. The standard InChI is InChI=1S/C18H20O3/c1-18(2,17(20)21-3)16-10-8-15(9-11-16)14-6-4-13(12-19)5-7-14/h4-11,19H,12H2,1-3H3. The Bertz CT molecular complexity index is 610. The maximum absolute atomic E-state index is 11.8. The van der Waals surface area contributed by atoms with Gasteiger partial charge in [-0.1, -0.05) is 48.5 Å². The van der Waals surface area contributed by atoms with Gasteiger partial charge in [-0.3, -0.25) is 4.79 Å². The molecule has 1 N–H and O–H groups in total. The second kappa shape index (κ2) is 6.10. The average molecular weight is 284 g/mol. The number of aliphatic hydroxyl groups is 1. The zero-order valence-corrected chi connectivity index (χ0v) is 12.6. The van der Waals surface area contributed by atoms with Gasteiger partial charge >= 0.3 is 5.97 Å². The highest BCUT2D eigenvalue weighted by atomic mass is 16.5. The highest BCUT2D eigenvalue weighted by Gasteiger charge is 2.30. The topological polar surface area (TPSA) is 46.5 Å². The van der Waals surface area contributed by atoms with Crippen LogP contribution in [0.5, 0.6) is 0 Å². The molecule has 2 rings (SSSR count). The van der Waals surface area contributed by atoms with E-state index in [1.807, 2.05) is 62.4 Å². The van der Waals surface area contributed by atoms with Gasteiger partial charge in [0.1, 0.15) is 0 Å². The van der Waals surface area contributed by atoms with E-state index < -0.39 is 5.41 Å². The Kier molecular flexibility index (Phi) is 4.43. The monoisotopic (exact) mass is 284 g/mol. The maximum atomic E-state index is 11.8. The van der Waals surface area contributed by atoms with Crippen LogP contribution in [0.1, 0.15) is 25.0 Å². The predicted molar refractivity (Wildman–Crippen MR) is 82.8 cm³/mol. The lowest BCUT2D eigenvalue weighted by molar-refractivity contribution is -0.146. The van der Waals surface area contributed by atoms with E-state index in [1.165, 1.54) is 7.11 Å². The van der Waals surface area contributed by atoms with Crippen molar-refractivity contribution in [3.63, 3.8) is 0 Å². The van der Waals surface area contributed by atoms with E-state index in [0.717, 1.165) is 22.3 Å². The van der Waals surface area contributed by atoms with Crippen molar-refractivity contribution < 1.29 is 14.6 Å². The molecule has 0 aliphatic carbocycles. The van der Waals surface area contributed by atoms with Gasteiger partial charge in [0.15, 0.2) is 0 Å². The lowest BCUT2D eigenvalue weighted by atomic mass is 9.84. The van der Waals surface area contributed by atoms with Crippen molar-refractivity contribution >= 4 is 5.97 Å². The van der Waals surface area contributed by atoms with Crippen molar-refractivity contribution in [3.8, 4) is 11.1 Å². The first-order valence-corrected chi connectivity index (χ1v) is 6.88. The van der Waals surface area contributed by atoms with E-state index in [0.29, 0.717) is 0 Å². The van der Waals surface area contributed by atoms with Crippen molar-refractivity contribution in [2.24, 2.45) is 0 Å². The molecule has 0 bridgehead atoms. The molecule has 0 aliphatic heterocycles. The number of hydrogen-bond acceptors (Lipinski definition) is 3. The molecule has 0 saturated heterocycles. The van der Waals surface area contributed by atoms with Gasteiger partial charge in [-0.2, -0.15) is 0 Å². The van der Waals surface area contributed by atoms with Gasteiger partial charge < -0.3 is 9.84 Å². The van der Waals surface area contributed by atoms with Crippen LogP contribution in [0, 0.1) is 0 Å². The smallest absolute Gasteiger partial charge is 0.315 e. The number of benzene rings is 2. The fourth-order valence-electron chi connectivity index (χ4n) is 2.25. The zero-order valence-electron chi connectivity index (χ0n) is 12.6. The highest BCUT2D eigenvalue weighted by molar-refractivity contribution is 5.82. The van der Waals surface area contributed by atoms with Gasteiger partial charge in [0, 0.05) is 0 Å². The third-order valence-electron chi connectivity index (χ3n) is 3.77. The molecule has 3 heteroatoms. The Labute approximate surface area is 125 Å². The van der Waals surface area contributed by atoms with Crippen LogP contribution in [0.25, 0.3) is 11.1 Å². The third-order valence-corrected chi connectivity index (χ3v) is 3.77. The van der Waals surface area contributed by atoms with Crippen molar-refractivity contribution in [2.45, 2.75) is 25.9 Å². The summed E-state index contributed by atoms with van der Waals surface area (Å²) in [6, 6.07) is 15.7. The molecule has 0 radical (unpaired) electrons. The van der Waals surface area contributed by atoms with E-state index in [-0.39, 0.29) is 12.6 Å². The Balaban J connectivity index is 2.28. The first-order valence-electron chi connectivity index (χ1n) is 6.88. The number of ether oxygens (including phenoxy) is 1. The summed E-state index contributed by atoms with van der Waals surface area (Å²) >= 11 is 0. The summed E-state index contributed by atoms with van der Waals surface area (Å²) in [4.78, 5) is 11.8. The van der Waals surface area contributed by atoms with Crippen LogP contribution < -0.4 is 0 Å². The number of rotatable bonds is 4. The van der Waals surface area contributed by atoms with Gasteiger partial charge in [-0.05, 0) is 36.1 Å². The Morgan fingerprint density at radius 3 is 1.90 bits per heavy atom. The largest absolute Gasteiger partial charge is 0.468 e. The maximum Gasteiger partial charge on any atom is 0.315 e. The van der Waals surface area contributed by atoms with Crippen LogP contribution in [0.2, 0.25) is 0 Å². The van der Waals surface area contributed by atoms with E-state index in [4.69, 9.17) is 9.84 Å². The predicted octanol–water partition coefficient (Wildman–Crippen LogP) is 3.30. The molecule has 110 valence electrons. The van der Waals surface area contributed by atoms with Gasteiger partial charge in [0.2, 0.25) is 0 Å². The number of carbonyl (C=O) groups excluding carboxylic acids is 1. The second-order valence-electron chi connectivity index (χ2n) is 5.55. The fraction of sp³-hybridized carbons (Fsp3) is 0.278. The summed E-state index contributed by atoms with van der Waals surface area (Å²) in [7, 11) is 1.40. The van der Waals surface area contributed by atoms with Crippen molar-refractivity contribution in [1.82, 2.24) is 0 Å². The molecule has 2 aromatic carbocycles. The summed E-state index contributed by atoms with van der Waals surface area (Å²) in [6.07, 6.45) is 0. The van der Waals surface area contributed by atoms with E-state index >= 15 is 0 Å². The number of esters is 1. The molecule has 0 spiro atoms. The molecule has 0 unspecified atom stereocenters. The zero-order chi connectivity index (χ0) is 15.5. The highest BCUT2D eigenvalue weighted by Crippen LogP contribution is 2.27. The first-order chi connectivity index (χ1) is 9.98. The molecule has 21 heavy (non-hydrogen) atoms. The van der Waals surface area contributed by atoms with Crippen molar-refractivity contribution in [3.05, 3.63) is 59.7 Å². The molecule has 0 amide bonds. The van der Waals surface area contributed by atoms with Crippen LogP contribution in [0.4, 0.5) is 0 Å². The number of carbonyl (C=O) groups is 1. The van der Waals surface area contributed by atoms with Crippen LogP contribution in [-0.4, -0.2) is 18.2 Å². The Morgan fingerprint density at radius 1 is 1.00 bits per heavy atom. The normalized spacial score (nSPS) is 11.2. The Morgan fingerprint density at radius 2 is 1.48 bits per heavy atom. The van der Waals surface area contributed by atoms with Crippen LogP contribution in [0.15, 0.2) is 48.5 Å². The summed E-state index contributed by atoms with van der Waals surface area (Å²) in [5.74, 6) is -0.248. The minimum absolute atomic E-state index is 0.0482. The van der Waals surface area contributed by atoms with Gasteiger partial charge in [-0.15, -0.1) is 0 Å². The van der Waals surface area contributed by atoms with Crippen LogP contribution in [-0.2, 0) is 21.6 Å². The second-order valence-corrected chi connectivity index (χ2v) is 5.55. The van der Waals surface area contributed by atoms with Gasteiger partial charge in [0.05, 0.1) is 19.1 Å². The fourth-order valence-corrected chi connectivity index (χ4v) is 2.25. The van der Waals surface area contributed by atoms with Crippen LogP contribution >= 0.6 is 0 Å². The number of methoxy groups -OCH3 is 1. The van der Waals surface area contributed by atoms with E-state index in [2.05, 4.69) is 0 Å². The lowest BCUT2D eigenvalue weighted by Gasteiger charge is -2.22. The molecule has 0 fully saturated rings. The molecular formula is C18H20O3. The van der Waals surface area contributed by atoms with Crippen LogP contribution in [0.3, 0.4) is 0 Å². The first kappa shape index (κ1) is 15.3.